The standard InChI is InChI=1S/C29H33F3N2O5/c1-5-7-11-22(6-2)39-27-19(3)26(28(35)38-17-20-9-8-10-21(16-20)29(30,31)32)33-25(34-27)18-37-24-14-12-23(36-4)13-15-24/h8-10,12-16,22H,5-7,11,17-18H2,1-4H3. The number of benzene rings is 2. The Morgan fingerprint density at radius 3 is 2.36 bits per heavy atom. The van der Waals surface area contributed by atoms with E-state index in [4.69, 9.17) is 18.9 Å². The Morgan fingerprint density at radius 2 is 1.72 bits per heavy atom. The summed E-state index contributed by atoms with van der Waals surface area (Å²) in [6.07, 6.45) is -1.05. The van der Waals surface area contributed by atoms with Gasteiger partial charge in [0.2, 0.25) is 5.88 Å². The third kappa shape index (κ3) is 8.59. The molecule has 0 fully saturated rings. The van der Waals surface area contributed by atoms with E-state index in [2.05, 4.69) is 16.9 Å². The van der Waals surface area contributed by atoms with Gasteiger partial charge in [-0.15, -0.1) is 0 Å². The molecule has 0 N–H and O–H groups in total. The zero-order valence-corrected chi connectivity index (χ0v) is 22.5. The molecule has 0 saturated heterocycles. The van der Waals surface area contributed by atoms with Gasteiger partial charge in [0.15, 0.2) is 11.5 Å². The molecule has 0 bridgehead atoms. The average Bonchev–Trinajstić information content (AvgIpc) is 2.94. The third-order valence-corrected chi connectivity index (χ3v) is 6.01. The van der Waals surface area contributed by atoms with Crippen molar-refractivity contribution in [1.82, 2.24) is 9.97 Å². The lowest BCUT2D eigenvalue weighted by atomic mass is 10.1. The Labute approximate surface area is 226 Å². The van der Waals surface area contributed by atoms with Gasteiger partial charge in [-0.3, -0.25) is 0 Å². The van der Waals surface area contributed by atoms with Crippen LogP contribution in [0.1, 0.15) is 72.5 Å². The van der Waals surface area contributed by atoms with Gasteiger partial charge in [-0.2, -0.15) is 18.2 Å². The number of methoxy groups -OCH3 is 1. The normalized spacial score (nSPS) is 12.1. The molecule has 0 amide bonds. The molecule has 1 atom stereocenters. The summed E-state index contributed by atoms with van der Waals surface area (Å²) in [7, 11) is 1.56. The van der Waals surface area contributed by atoms with Crippen LogP contribution in [0.25, 0.3) is 0 Å². The lowest BCUT2D eigenvalue weighted by Crippen LogP contribution is -2.20. The lowest BCUT2D eigenvalue weighted by molar-refractivity contribution is -0.137. The van der Waals surface area contributed by atoms with Crippen molar-refractivity contribution in [1.29, 1.82) is 0 Å². The van der Waals surface area contributed by atoms with E-state index in [0.29, 0.717) is 17.1 Å². The van der Waals surface area contributed by atoms with Gasteiger partial charge in [0.25, 0.3) is 0 Å². The van der Waals surface area contributed by atoms with E-state index in [1.807, 2.05) is 6.92 Å². The lowest BCUT2D eigenvalue weighted by Gasteiger charge is -2.19. The summed E-state index contributed by atoms with van der Waals surface area (Å²) in [5.41, 5.74) is -0.270. The summed E-state index contributed by atoms with van der Waals surface area (Å²) in [5, 5.41) is 0. The first-order valence-electron chi connectivity index (χ1n) is 12.8. The summed E-state index contributed by atoms with van der Waals surface area (Å²) in [6.45, 7) is 5.35. The number of nitrogens with zero attached hydrogens (tertiary/aromatic N) is 2. The fraction of sp³-hybridized carbons (Fsp3) is 0.414. The van der Waals surface area contributed by atoms with Crippen LogP contribution in [0, 0.1) is 6.92 Å². The average molecular weight is 547 g/mol. The van der Waals surface area contributed by atoms with Crippen molar-refractivity contribution < 1.29 is 36.9 Å². The second-order valence-electron chi connectivity index (χ2n) is 8.95. The third-order valence-electron chi connectivity index (χ3n) is 6.01. The summed E-state index contributed by atoms with van der Waals surface area (Å²) in [5.74, 6) is 0.859. The summed E-state index contributed by atoms with van der Waals surface area (Å²) in [6, 6.07) is 11.6. The van der Waals surface area contributed by atoms with Crippen LogP contribution in [0.4, 0.5) is 13.2 Å². The smallest absolute Gasteiger partial charge is 0.416 e. The van der Waals surface area contributed by atoms with Gasteiger partial charge in [-0.1, -0.05) is 38.8 Å². The zero-order chi connectivity index (χ0) is 28.4. The maximum Gasteiger partial charge on any atom is 0.416 e. The van der Waals surface area contributed by atoms with Gasteiger partial charge in [0.05, 0.1) is 12.7 Å². The molecular formula is C29H33F3N2O5. The molecule has 1 aromatic heterocycles. The number of carbonyl (C=O) groups excluding carboxylic acids is 1. The Morgan fingerprint density at radius 1 is 1.00 bits per heavy atom. The fourth-order valence-electron chi connectivity index (χ4n) is 3.73. The van der Waals surface area contributed by atoms with Crippen LogP contribution in [0.5, 0.6) is 17.4 Å². The topological polar surface area (TPSA) is 79.8 Å². The maximum absolute atomic E-state index is 13.1. The van der Waals surface area contributed by atoms with Crippen LogP contribution in [0.15, 0.2) is 48.5 Å². The minimum absolute atomic E-state index is 0.0364. The molecule has 210 valence electrons. The van der Waals surface area contributed by atoms with Gasteiger partial charge in [0.1, 0.15) is 30.8 Å². The van der Waals surface area contributed by atoms with Gasteiger partial charge < -0.3 is 18.9 Å². The minimum Gasteiger partial charge on any atom is -0.497 e. The summed E-state index contributed by atoms with van der Waals surface area (Å²) >= 11 is 0. The van der Waals surface area contributed by atoms with E-state index in [1.165, 1.54) is 12.1 Å². The van der Waals surface area contributed by atoms with Crippen LogP contribution in [0.2, 0.25) is 0 Å². The van der Waals surface area contributed by atoms with Crippen molar-refractivity contribution in [3.05, 3.63) is 76.7 Å². The van der Waals surface area contributed by atoms with Gasteiger partial charge in [-0.05, 0) is 61.7 Å². The van der Waals surface area contributed by atoms with Crippen molar-refractivity contribution in [3.8, 4) is 17.4 Å². The fourth-order valence-corrected chi connectivity index (χ4v) is 3.73. The highest BCUT2D eigenvalue weighted by molar-refractivity contribution is 5.89. The number of esters is 1. The molecule has 0 aliphatic heterocycles. The molecule has 0 saturated carbocycles. The van der Waals surface area contributed by atoms with Crippen molar-refractivity contribution >= 4 is 5.97 Å². The van der Waals surface area contributed by atoms with Crippen molar-refractivity contribution in [2.24, 2.45) is 0 Å². The maximum atomic E-state index is 13.1. The predicted octanol–water partition coefficient (Wildman–Crippen LogP) is 7.10. The molecule has 1 unspecified atom stereocenters. The molecular weight excluding hydrogens is 513 g/mol. The first-order valence-corrected chi connectivity index (χ1v) is 12.8. The molecule has 39 heavy (non-hydrogen) atoms. The number of hydrogen-bond acceptors (Lipinski definition) is 7. The van der Waals surface area contributed by atoms with Crippen molar-refractivity contribution in [3.63, 3.8) is 0 Å². The monoisotopic (exact) mass is 546 g/mol. The summed E-state index contributed by atoms with van der Waals surface area (Å²) < 4.78 is 61.7. The molecule has 10 heteroatoms. The highest BCUT2D eigenvalue weighted by atomic mass is 19.4. The van der Waals surface area contributed by atoms with Gasteiger partial charge in [-0.25, -0.2) is 9.78 Å². The van der Waals surface area contributed by atoms with Crippen LogP contribution in [-0.4, -0.2) is 29.2 Å². The van der Waals surface area contributed by atoms with E-state index in [-0.39, 0.29) is 42.3 Å². The Balaban J connectivity index is 1.84. The first-order chi connectivity index (χ1) is 18.6. The zero-order valence-electron chi connectivity index (χ0n) is 22.5. The van der Waals surface area contributed by atoms with E-state index < -0.39 is 17.7 Å². The first kappa shape index (κ1) is 29.7. The van der Waals surface area contributed by atoms with Crippen molar-refractivity contribution in [2.75, 3.05) is 7.11 Å². The second-order valence-corrected chi connectivity index (χ2v) is 8.95. The number of carbonyl (C=O) groups is 1. The largest absolute Gasteiger partial charge is 0.497 e. The molecule has 3 rings (SSSR count). The van der Waals surface area contributed by atoms with Crippen LogP contribution < -0.4 is 14.2 Å². The van der Waals surface area contributed by atoms with E-state index in [0.717, 1.165) is 37.8 Å². The molecule has 0 spiro atoms. The SMILES string of the molecule is CCCCC(CC)Oc1nc(COc2ccc(OC)cc2)nc(C(=O)OCc2cccc(C(F)(F)F)c2)c1C. The number of alkyl halides is 3. The Kier molecular flexibility index (Phi) is 10.5. The molecule has 3 aromatic rings. The van der Waals surface area contributed by atoms with E-state index in [1.54, 1.807) is 38.3 Å². The number of aromatic nitrogens is 2. The molecule has 0 radical (unpaired) electrons. The van der Waals surface area contributed by atoms with Gasteiger partial charge in [0, 0.05) is 5.56 Å². The highest BCUT2D eigenvalue weighted by Gasteiger charge is 2.30. The van der Waals surface area contributed by atoms with Crippen LogP contribution in [-0.2, 0) is 24.1 Å². The molecule has 2 aromatic carbocycles. The van der Waals surface area contributed by atoms with Gasteiger partial charge >= 0.3 is 12.1 Å². The molecule has 0 aliphatic carbocycles. The molecule has 0 aliphatic rings. The minimum atomic E-state index is -4.50. The van der Waals surface area contributed by atoms with Crippen LogP contribution in [0.3, 0.4) is 0 Å². The van der Waals surface area contributed by atoms with E-state index >= 15 is 0 Å². The predicted molar refractivity (Wildman–Crippen MR) is 139 cm³/mol. The Hall–Kier alpha value is -3.82. The number of halogens is 3. The Bertz CT molecular complexity index is 1230. The highest BCUT2D eigenvalue weighted by Crippen LogP contribution is 2.30. The molecule has 7 nitrogen and oxygen atoms in total. The number of hydrogen-bond donors (Lipinski definition) is 0. The number of rotatable bonds is 13. The van der Waals surface area contributed by atoms with Crippen molar-refractivity contribution in [2.45, 2.75) is 71.9 Å². The number of unbranched alkanes of at least 4 members (excludes halogenated alkanes) is 1. The number of ether oxygens (including phenoxy) is 4. The quantitative estimate of drug-likeness (QED) is 0.212. The van der Waals surface area contributed by atoms with E-state index in [9.17, 15) is 18.0 Å². The molecule has 1 heterocycles. The van der Waals surface area contributed by atoms with Crippen LogP contribution >= 0.6 is 0 Å². The second kappa shape index (κ2) is 13.8. The summed E-state index contributed by atoms with van der Waals surface area (Å²) in [4.78, 5) is 21.9.